The molecule has 17 heavy (non-hydrogen) atoms. The molecule has 0 amide bonds. The van der Waals surface area contributed by atoms with Gasteiger partial charge in [-0.3, -0.25) is 0 Å². The monoisotopic (exact) mass is 233 g/mol. The van der Waals surface area contributed by atoms with Crippen LogP contribution in [0.5, 0.6) is 5.75 Å². The summed E-state index contributed by atoms with van der Waals surface area (Å²) in [6.07, 6.45) is 3.77. The number of hydrogen-bond acceptors (Lipinski definition) is 2. The largest absolute Gasteiger partial charge is 0.487 e. The first-order chi connectivity index (χ1) is 8.22. The second-order valence-corrected chi connectivity index (χ2v) is 4.75. The summed E-state index contributed by atoms with van der Waals surface area (Å²) >= 11 is 0. The van der Waals surface area contributed by atoms with E-state index in [9.17, 15) is 4.39 Å². The highest BCUT2D eigenvalue weighted by molar-refractivity contribution is 5.40. The molecule has 1 saturated carbocycles. The molecule has 88 valence electrons. The SMILES string of the molecule is [N-]=[N+]=N[C@@H]1CC2(CCC2)Oc2ccc(F)cc21. The summed E-state index contributed by atoms with van der Waals surface area (Å²) in [5, 5.41) is 3.78. The van der Waals surface area contributed by atoms with E-state index in [0.717, 1.165) is 19.3 Å². The average molecular weight is 233 g/mol. The lowest BCUT2D eigenvalue weighted by atomic mass is 9.73. The van der Waals surface area contributed by atoms with Gasteiger partial charge in [-0.1, -0.05) is 5.11 Å². The van der Waals surface area contributed by atoms with Gasteiger partial charge in [0.15, 0.2) is 0 Å². The van der Waals surface area contributed by atoms with Gasteiger partial charge in [-0.25, -0.2) is 4.39 Å². The molecular weight excluding hydrogens is 221 g/mol. The van der Waals surface area contributed by atoms with E-state index in [2.05, 4.69) is 10.0 Å². The molecule has 4 nitrogen and oxygen atoms in total. The van der Waals surface area contributed by atoms with Gasteiger partial charge in [0.25, 0.3) is 0 Å². The fourth-order valence-corrected chi connectivity index (χ4v) is 2.65. The number of rotatable bonds is 1. The van der Waals surface area contributed by atoms with E-state index in [1.54, 1.807) is 6.07 Å². The highest BCUT2D eigenvalue weighted by atomic mass is 19.1. The van der Waals surface area contributed by atoms with Crippen molar-refractivity contribution in [1.29, 1.82) is 0 Å². The Morgan fingerprint density at radius 3 is 2.94 bits per heavy atom. The number of benzene rings is 1. The second kappa shape index (κ2) is 3.64. The summed E-state index contributed by atoms with van der Waals surface area (Å²) in [6.45, 7) is 0. The number of azide groups is 1. The topological polar surface area (TPSA) is 58.0 Å². The smallest absolute Gasteiger partial charge is 0.123 e. The minimum Gasteiger partial charge on any atom is -0.487 e. The Balaban J connectivity index is 2.05. The summed E-state index contributed by atoms with van der Waals surface area (Å²) in [5.41, 5.74) is 9.09. The van der Waals surface area contributed by atoms with E-state index >= 15 is 0 Å². The number of fused-ring (bicyclic) bond motifs is 1. The summed E-state index contributed by atoms with van der Waals surface area (Å²) in [7, 11) is 0. The normalized spacial score (nSPS) is 24.2. The Hall–Kier alpha value is -1.74. The zero-order valence-corrected chi connectivity index (χ0v) is 9.27. The van der Waals surface area contributed by atoms with Crippen molar-refractivity contribution in [2.24, 2.45) is 5.11 Å². The third-order valence-electron chi connectivity index (χ3n) is 3.68. The van der Waals surface area contributed by atoms with Crippen LogP contribution in [0.4, 0.5) is 4.39 Å². The lowest BCUT2D eigenvalue weighted by molar-refractivity contribution is -0.0330. The van der Waals surface area contributed by atoms with Crippen LogP contribution < -0.4 is 4.74 Å². The van der Waals surface area contributed by atoms with Crippen LogP contribution >= 0.6 is 0 Å². The molecule has 1 aromatic rings. The first-order valence-electron chi connectivity index (χ1n) is 5.75. The lowest BCUT2D eigenvalue weighted by Gasteiger charge is -2.47. The molecule has 0 bridgehead atoms. The molecule has 1 heterocycles. The van der Waals surface area contributed by atoms with Crippen molar-refractivity contribution in [2.75, 3.05) is 0 Å². The van der Waals surface area contributed by atoms with Gasteiger partial charge in [-0.05, 0) is 49.4 Å². The Kier molecular flexibility index (Phi) is 2.23. The van der Waals surface area contributed by atoms with Gasteiger partial charge in [-0.15, -0.1) is 0 Å². The minimum absolute atomic E-state index is 0.177. The molecule has 0 aromatic heterocycles. The molecule has 0 saturated heterocycles. The minimum atomic E-state index is -0.324. The van der Waals surface area contributed by atoms with Crippen LogP contribution in [0.25, 0.3) is 10.4 Å². The van der Waals surface area contributed by atoms with Crippen molar-refractivity contribution < 1.29 is 9.13 Å². The quantitative estimate of drug-likeness (QED) is 0.412. The van der Waals surface area contributed by atoms with E-state index in [0.29, 0.717) is 17.7 Å². The Morgan fingerprint density at radius 2 is 2.29 bits per heavy atom. The van der Waals surface area contributed by atoms with E-state index in [1.165, 1.54) is 12.1 Å². The fraction of sp³-hybridized carbons (Fsp3) is 0.500. The molecule has 3 rings (SSSR count). The first kappa shape index (κ1) is 10.4. The highest BCUT2D eigenvalue weighted by Crippen LogP contribution is 2.50. The van der Waals surface area contributed by atoms with Gasteiger partial charge in [0.2, 0.25) is 0 Å². The van der Waals surface area contributed by atoms with Crippen LogP contribution in [0.2, 0.25) is 0 Å². The van der Waals surface area contributed by atoms with Crippen LogP contribution in [0.3, 0.4) is 0 Å². The zero-order chi connectivity index (χ0) is 11.9. The third-order valence-corrected chi connectivity index (χ3v) is 3.68. The van der Waals surface area contributed by atoms with E-state index < -0.39 is 0 Å². The van der Waals surface area contributed by atoms with E-state index in [1.807, 2.05) is 0 Å². The van der Waals surface area contributed by atoms with E-state index in [-0.39, 0.29) is 17.5 Å². The van der Waals surface area contributed by atoms with Gasteiger partial charge in [-0.2, -0.15) is 0 Å². The maximum Gasteiger partial charge on any atom is 0.123 e. The number of halogens is 1. The maximum atomic E-state index is 13.2. The van der Waals surface area contributed by atoms with Crippen LogP contribution in [0, 0.1) is 5.82 Å². The highest BCUT2D eigenvalue weighted by Gasteiger charge is 2.45. The number of ether oxygens (including phenoxy) is 1. The summed E-state index contributed by atoms with van der Waals surface area (Å²) in [4.78, 5) is 2.86. The molecule has 5 heteroatoms. The van der Waals surface area contributed by atoms with Gasteiger partial charge >= 0.3 is 0 Å². The molecule has 1 aromatic carbocycles. The summed E-state index contributed by atoms with van der Waals surface area (Å²) in [5.74, 6) is 0.338. The van der Waals surface area contributed by atoms with Gasteiger partial charge in [0.05, 0.1) is 6.04 Å². The number of hydrogen-bond donors (Lipinski definition) is 0. The van der Waals surface area contributed by atoms with Crippen molar-refractivity contribution in [3.05, 3.63) is 40.0 Å². The molecule has 0 radical (unpaired) electrons. The van der Waals surface area contributed by atoms with Gasteiger partial charge in [0, 0.05) is 10.5 Å². The Bertz CT molecular complexity index is 506. The molecule has 0 N–H and O–H groups in total. The fourth-order valence-electron chi connectivity index (χ4n) is 2.65. The predicted octanol–water partition coefficient (Wildman–Crippen LogP) is 3.88. The van der Waals surface area contributed by atoms with Gasteiger partial charge < -0.3 is 4.74 Å². The standard InChI is InChI=1S/C12H12FN3O/c13-8-2-3-11-9(6-8)10(15-16-14)7-12(17-11)4-1-5-12/h2-3,6,10H,1,4-5,7H2/t10-/m1/s1. The maximum absolute atomic E-state index is 13.2. The summed E-state index contributed by atoms with van der Waals surface area (Å²) in [6, 6.07) is 4.10. The molecule has 1 aliphatic heterocycles. The molecule has 0 unspecified atom stereocenters. The number of nitrogens with zero attached hydrogens (tertiary/aromatic N) is 3. The van der Waals surface area contributed by atoms with Crippen molar-refractivity contribution in [3.63, 3.8) is 0 Å². The lowest BCUT2D eigenvalue weighted by Crippen LogP contribution is -2.46. The van der Waals surface area contributed by atoms with Crippen LogP contribution in [0.1, 0.15) is 37.3 Å². The van der Waals surface area contributed by atoms with Crippen LogP contribution in [0.15, 0.2) is 23.3 Å². The van der Waals surface area contributed by atoms with Crippen LogP contribution in [-0.4, -0.2) is 5.60 Å². The van der Waals surface area contributed by atoms with Crippen molar-refractivity contribution in [3.8, 4) is 5.75 Å². The average Bonchev–Trinajstić information content (AvgIpc) is 2.28. The first-order valence-corrected chi connectivity index (χ1v) is 5.75. The van der Waals surface area contributed by atoms with Crippen molar-refractivity contribution in [2.45, 2.75) is 37.3 Å². The van der Waals surface area contributed by atoms with Crippen LogP contribution in [-0.2, 0) is 0 Å². The van der Waals surface area contributed by atoms with E-state index in [4.69, 9.17) is 10.3 Å². The second-order valence-electron chi connectivity index (χ2n) is 4.75. The van der Waals surface area contributed by atoms with Crippen molar-refractivity contribution >= 4 is 0 Å². The third kappa shape index (κ3) is 1.63. The predicted molar refractivity (Wildman–Crippen MR) is 60.1 cm³/mol. The Labute approximate surface area is 98.0 Å². The molecule has 1 spiro atoms. The van der Waals surface area contributed by atoms with Gasteiger partial charge in [0.1, 0.15) is 17.2 Å². The van der Waals surface area contributed by atoms with Crippen molar-refractivity contribution in [1.82, 2.24) is 0 Å². The molecule has 2 aliphatic rings. The zero-order valence-electron chi connectivity index (χ0n) is 9.27. The summed E-state index contributed by atoms with van der Waals surface area (Å²) < 4.78 is 19.1. The molecule has 1 aliphatic carbocycles. The molecular formula is C12H12FN3O. The Morgan fingerprint density at radius 1 is 1.47 bits per heavy atom. The molecule has 1 atom stereocenters. The molecule has 1 fully saturated rings.